The first-order valence-corrected chi connectivity index (χ1v) is 11.5. The lowest BCUT2D eigenvalue weighted by Crippen LogP contribution is -2.30. The molecule has 4 aromatic rings. The monoisotopic (exact) mass is 463 g/mol. The van der Waals surface area contributed by atoms with E-state index in [4.69, 9.17) is 0 Å². The normalized spacial score (nSPS) is 12.8. The second kappa shape index (κ2) is 9.89. The van der Waals surface area contributed by atoms with Gasteiger partial charge in [0.05, 0.1) is 28.5 Å². The fourth-order valence-electron chi connectivity index (χ4n) is 3.74. The third kappa shape index (κ3) is 4.76. The number of halogens is 1. The Kier molecular flexibility index (Phi) is 6.76. The highest BCUT2D eigenvalue weighted by molar-refractivity contribution is 7.81. The van der Waals surface area contributed by atoms with E-state index in [1.807, 2.05) is 19.1 Å². The quantitative estimate of drug-likeness (QED) is 0.353. The topological polar surface area (TPSA) is 82.5 Å². The summed E-state index contributed by atoms with van der Waals surface area (Å²) in [4.78, 5) is 17.7. The third-order valence-corrected chi connectivity index (χ3v) is 6.05. The van der Waals surface area contributed by atoms with E-state index < -0.39 is 17.2 Å². The van der Waals surface area contributed by atoms with E-state index in [1.165, 1.54) is 16.4 Å². The molecule has 0 saturated heterocycles. The van der Waals surface area contributed by atoms with Gasteiger partial charge in [0.15, 0.2) is 0 Å². The molecule has 2 unspecified atom stereocenters. The van der Waals surface area contributed by atoms with Crippen LogP contribution in [-0.2, 0) is 11.3 Å². The Morgan fingerprint density at radius 2 is 1.73 bits per heavy atom. The average Bonchev–Trinajstić information content (AvgIpc) is 2.83. The summed E-state index contributed by atoms with van der Waals surface area (Å²) < 4.78 is 37.2. The minimum atomic E-state index is -2.47. The highest BCUT2D eigenvalue weighted by Crippen LogP contribution is 2.34. The molecule has 0 spiro atoms. The van der Waals surface area contributed by atoms with Gasteiger partial charge in [0.2, 0.25) is 0 Å². The molecule has 4 rings (SSSR count). The van der Waals surface area contributed by atoms with E-state index in [2.05, 4.69) is 10.3 Å². The van der Waals surface area contributed by atoms with Crippen LogP contribution in [0.2, 0.25) is 0 Å². The van der Waals surface area contributed by atoms with Crippen LogP contribution in [0.1, 0.15) is 35.3 Å². The molecule has 0 bridgehead atoms. The Hall–Kier alpha value is -3.62. The summed E-state index contributed by atoms with van der Waals surface area (Å²) >= 11 is -2.47. The number of rotatable bonds is 7. The standard InChI is InChI=1S/C25H22FN3O3S/c1-2-21(17-12-14-19(26)15-13-17)28-25(30)20-9-3-4-10-22(20)29(33(31)32)23-11-5-7-18-8-6-16-27-24(18)23/h3-16,21H,2H2,1H3,(H,28,30)(H,31,32). The zero-order chi connectivity index (χ0) is 23.4. The van der Waals surface area contributed by atoms with E-state index >= 15 is 0 Å². The SMILES string of the molecule is CCC(NC(=O)c1ccccc1N(c1cccc2cccnc12)S(=O)O)c1ccc(F)cc1. The highest BCUT2D eigenvalue weighted by atomic mass is 32.2. The summed E-state index contributed by atoms with van der Waals surface area (Å²) in [6.07, 6.45) is 2.19. The smallest absolute Gasteiger partial charge is 0.266 e. The molecule has 6 nitrogen and oxygen atoms in total. The number of nitrogens with zero attached hydrogens (tertiary/aromatic N) is 2. The number of anilines is 2. The molecular weight excluding hydrogens is 441 g/mol. The van der Waals surface area contributed by atoms with Gasteiger partial charge in [0, 0.05) is 11.6 Å². The molecule has 33 heavy (non-hydrogen) atoms. The zero-order valence-corrected chi connectivity index (χ0v) is 18.6. The number of pyridine rings is 1. The molecule has 168 valence electrons. The summed E-state index contributed by atoms with van der Waals surface area (Å²) in [6, 6.07) is 21.2. The van der Waals surface area contributed by atoms with Crippen molar-refractivity contribution in [1.82, 2.24) is 10.3 Å². The number of carbonyl (C=O) groups excluding carboxylic acids is 1. The Balaban J connectivity index is 1.74. The maximum atomic E-state index is 13.3. The van der Waals surface area contributed by atoms with Crippen LogP contribution >= 0.6 is 0 Å². The molecule has 0 saturated carbocycles. The van der Waals surface area contributed by atoms with Crippen molar-refractivity contribution in [3.8, 4) is 0 Å². The second-order valence-corrected chi connectivity index (χ2v) is 8.21. The summed E-state index contributed by atoms with van der Waals surface area (Å²) in [6.45, 7) is 1.91. The first-order valence-electron chi connectivity index (χ1n) is 10.4. The summed E-state index contributed by atoms with van der Waals surface area (Å²) in [5, 5.41) is 3.76. The highest BCUT2D eigenvalue weighted by Gasteiger charge is 2.25. The van der Waals surface area contributed by atoms with Gasteiger partial charge >= 0.3 is 0 Å². The third-order valence-electron chi connectivity index (χ3n) is 5.34. The van der Waals surface area contributed by atoms with Crippen molar-refractivity contribution >= 4 is 39.5 Å². The number of hydrogen-bond acceptors (Lipinski definition) is 3. The Morgan fingerprint density at radius 1 is 1.03 bits per heavy atom. The van der Waals surface area contributed by atoms with E-state index in [0.29, 0.717) is 17.6 Å². The molecule has 2 N–H and O–H groups in total. The summed E-state index contributed by atoms with van der Waals surface area (Å²) in [5.74, 6) is -0.763. The van der Waals surface area contributed by atoms with Crippen molar-refractivity contribution in [3.05, 3.63) is 102 Å². The molecule has 1 amide bonds. The molecule has 1 aromatic heterocycles. The Labute approximate surface area is 193 Å². The molecule has 2 atom stereocenters. The van der Waals surface area contributed by atoms with Gasteiger partial charge in [-0.3, -0.25) is 14.3 Å². The number of amides is 1. The van der Waals surface area contributed by atoms with Crippen LogP contribution in [0.4, 0.5) is 15.8 Å². The predicted octanol–water partition coefficient (Wildman–Crippen LogP) is 5.53. The van der Waals surface area contributed by atoms with E-state index in [1.54, 1.807) is 60.8 Å². The van der Waals surface area contributed by atoms with Crippen LogP contribution in [0.15, 0.2) is 85.1 Å². The minimum absolute atomic E-state index is 0.230. The number of para-hydroxylation sites is 2. The number of benzene rings is 3. The molecule has 0 aliphatic carbocycles. The number of carbonyl (C=O) groups is 1. The van der Waals surface area contributed by atoms with Crippen LogP contribution in [-0.4, -0.2) is 19.7 Å². The predicted molar refractivity (Wildman–Crippen MR) is 128 cm³/mol. The molecular formula is C25H22FN3O3S. The van der Waals surface area contributed by atoms with Crippen molar-refractivity contribution in [2.45, 2.75) is 19.4 Å². The van der Waals surface area contributed by atoms with Gasteiger partial charge in [-0.1, -0.05) is 49.4 Å². The molecule has 0 fully saturated rings. The zero-order valence-electron chi connectivity index (χ0n) is 17.8. The van der Waals surface area contributed by atoms with Crippen LogP contribution in [0.3, 0.4) is 0 Å². The van der Waals surface area contributed by atoms with Crippen molar-refractivity contribution in [3.63, 3.8) is 0 Å². The van der Waals surface area contributed by atoms with Gasteiger partial charge in [-0.05, 0) is 48.4 Å². The van der Waals surface area contributed by atoms with Crippen molar-refractivity contribution in [1.29, 1.82) is 0 Å². The Morgan fingerprint density at radius 3 is 2.45 bits per heavy atom. The molecule has 1 heterocycles. The summed E-state index contributed by atoms with van der Waals surface area (Å²) in [7, 11) is 0. The maximum absolute atomic E-state index is 13.3. The largest absolute Gasteiger partial charge is 0.345 e. The van der Waals surface area contributed by atoms with Gasteiger partial charge in [-0.2, -0.15) is 0 Å². The lowest BCUT2D eigenvalue weighted by Gasteiger charge is -2.24. The fourth-order valence-corrected chi connectivity index (χ4v) is 4.39. The summed E-state index contributed by atoms with van der Waals surface area (Å²) in [5.41, 5.74) is 2.21. The van der Waals surface area contributed by atoms with Crippen LogP contribution < -0.4 is 9.62 Å². The fraction of sp³-hybridized carbons (Fsp3) is 0.120. The number of hydrogen-bond donors (Lipinski definition) is 2. The van der Waals surface area contributed by atoms with Crippen LogP contribution in [0.25, 0.3) is 10.9 Å². The minimum Gasteiger partial charge on any atom is -0.345 e. The second-order valence-electron chi connectivity index (χ2n) is 7.38. The molecule has 0 aliphatic rings. The first-order chi connectivity index (χ1) is 16.0. The van der Waals surface area contributed by atoms with Gasteiger partial charge in [-0.25, -0.2) is 12.9 Å². The first kappa shape index (κ1) is 22.6. The molecule has 8 heteroatoms. The van der Waals surface area contributed by atoms with E-state index in [0.717, 1.165) is 10.9 Å². The lowest BCUT2D eigenvalue weighted by atomic mass is 10.0. The Bertz CT molecular complexity index is 1310. The molecule has 3 aromatic carbocycles. The number of fused-ring (bicyclic) bond motifs is 1. The van der Waals surface area contributed by atoms with Gasteiger partial charge in [0.25, 0.3) is 17.2 Å². The lowest BCUT2D eigenvalue weighted by molar-refractivity contribution is 0.0936. The molecule has 0 aliphatic heterocycles. The van der Waals surface area contributed by atoms with Crippen LogP contribution in [0.5, 0.6) is 0 Å². The van der Waals surface area contributed by atoms with Crippen molar-refractivity contribution in [2.75, 3.05) is 4.31 Å². The van der Waals surface area contributed by atoms with Gasteiger partial charge in [-0.15, -0.1) is 0 Å². The van der Waals surface area contributed by atoms with Gasteiger partial charge in [0.1, 0.15) is 5.82 Å². The van der Waals surface area contributed by atoms with E-state index in [9.17, 15) is 17.9 Å². The number of aromatic nitrogens is 1. The van der Waals surface area contributed by atoms with Crippen LogP contribution in [0, 0.1) is 5.82 Å². The number of nitrogens with one attached hydrogen (secondary N) is 1. The average molecular weight is 464 g/mol. The molecule has 0 radical (unpaired) electrons. The van der Waals surface area contributed by atoms with Crippen molar-refractivity contribution in [2.24, 2.45) is 0 Å². The van der Waals surface area contributed by atoms with E-state index in [-0.39, 0.29) is 23.1 Å². The van der Waals surface area contributed by atoms with Crippen molar-refractivity contribution < 1.29 is 17.9 Å². The maximum Gasteiger partial charge on any atom is 0.266 e. The van der Waals surface area contributed by atoms with Gasteiger partial charge < -0.3 is 5.32 Å².